The Morgan fingerprint density at radius 3 is 2.47 bits per heavy atom. The van der Waals surface area contributed by atoms with E-state index in [1.165, 1.54) is 25.2 Å². The highest BCUT2D eigenvalue weighted by Gasteiger charge is 2.36. The maximum absolute atomic E-state index is 13.2. The highest BCUT2D eigenvalue weighted by atomic mass is 35.5. The standard InChI is InChI=1S/C21H19ClN2O5S/c1-4-29-18-10-12(14(22)11-17(18)28-3)9-13-19(25)23-21(30)24(20(13)26)15-7-5-6-8-16(15)27-2/h5-11H,4H2,1-3H3,(H,23,25,30)/b13-9+. The van der Waals surface area contributed by atoms with E-state index in [1.807, 2.05) is 6.92 Å². The van der Waals surface area contributed by atoms with Gasteiger partial charge in [-0.25, -0.2) is 4.90 Å². The van der Waals surface area contributed by atoms with Crippen LogP contribution in [0.2, 0.25) is 5.02 Å². The molecule has 0 spiro atoms. The number of carbonyl (C=O) groups is 2. The van der Waals surface area contributed by atoms with Gasteiger partial charge in [0.1, 0.15) is 11.3 Å². The van der Waals surface area contributed by atoms with Gasteiger partial charge < -0.3 is 14.2 Å². The predicted molar refractivity (Wildman–Crippen MR) is 118 cm³/mol. The van der Waals surface area contributed by atoms with Crippen LogP contribution in [0.25, 0.3) is 6.08 Å². The van der Waals surface area contributed by atoms with E-state index in [2.05, 4.69) is 5.32 Å². The summed E-state index contributed by atoms with van der Waals surface area (Å²) >= 11 is 11.6. The molecule has 30 heavy (non-hydrogen) atoms. The number of carbonyl (C=O) groups excluding carboxylic acids is 2. The Labute approximate surface area is 184 Å². The molecule has 2 aromatic rings. The number of ether oxygens (including phenoxy) is 3. The fourth-order valence-electron chi connectivity index (χ4n) is 2.94. The Bertz CT molecular complexity index is 1050. The van der Waals surface area contributed by atoms with Crippen LogP contribution in [0.5, 0.6) is 17.2 Å². The molecule has 0 aliphatic carbocycles. The zero-order valence-electron chi connectivity index (χ0n) is 16.5. The zero-order chi connectivity index (χ0) is 21.8. The van der Waals surface area contributed by atoms with Crippen molar-refractivity contribution in [1.29, 1.82) is 0 Å². The smallest absolute Gasteiger partial charge is 0.270 e. The lowest BCUT2D eigenvalue weighted by Gasteiger charge is -2.29. The number of hydrogen-bond acceptors (Lipinski definition) is 6. The number of amides is 2. The first-order valence-electron chi connectivity index (χ1n) is 8.96. The van der Waals surface area contributed by atoms with Crippen LogP contribution in [-0.4, -0.2) is 37.8 Å². The van der Waals surface area contributed by atoms with Gasteiger partial charge in [-0.1, -0.05) is 23.7 Å². The van der Waals surface area contributed by atoms with E-state index in [0.717, 1.165) is 0 Å². The van der Waals surface area contributed by atoms with E-state index < -0.39 is 11.8 Å². The number of thiocarbonyl (C=S) groups is 1. The second-order valence-electron chi connectivity index (χ2n) is 6.09. The van der Waals surface area contributed by atoms with Crippen LogP contribution in [0.1, 0.15) is 12.5 Å². The number of hydrogen-bond donors (Lipinski definition) is 1. The fraction of sp³-hybridized carbons (Fsp3) is 0.190. The zero-order valence-corrected chi connectivity index (χ0v) is 18.1. The summed E-state index contributed by atoms with van der Waals surface area (Å²) in [5, 5.41) is 2.79. The Hall–Kier alpha value is -3.10. The molecule has 9 heteroatoms. The van der Waals surface area contributed by atoms with Gasteiger partial charge in [-0.15, -0.1) is 0 Å². The predicted octanol–water partition coefficient (Wildman–Crippen LogP) is 3.59. The van der Waals surface area contributed by atoms with Crippen LogP contribution in [0.4, 0.5) is 5.69 Å². The summed E-state index contributed by atoms with van der Waals surface area (Å²) in [4.78, 5) is 27.0. The third-order valence-electron chi connectivity index (χ3n) is 4.31. The summed E-state index contributed by atoms with van der Waals surface area (Å²) in [6.45, 7) is 2.24. The van der Waals surface area contributed by atoms with E-state index in [-0.39, 0.29) is 10.7 Å². The van der Waals surface area contributed by atoms with Crippen molar-refractivity contribution in [3.8, 4) is 17.2 Å². The minimum absolute atomic E-state index is 0.0394. The van der Waals surface area contributed by atoms with Gasteiger partial charge in [0.05, 0.1) is 31.5 Å². The van der Waals surface area contributed by atoms with Gasteiger partial charge in [-0.2, -0.15) is 0 Å². The number of rotatable bonds is 6. The lowest BCUT2D eigenvalue weighted by Crippen LogP contribution is -2.54. The highest BCUT2D eigenvalue weighted by Crippen LogP contribution is 2.35. The number of methoxy groups -OCH3 is 2. The van der Waals surface area contributed by atoms with Crippen LogP contribution in [0.15, 0.2) is 42.0 Å². The molecule has 0 saturated carbocycles. The van der Waals surface area contributed by atoms with Gasteiger partial charge in [-0.05, 0) is 49.0 Å². The average molecular weight is 447 g/mol. The van der Waals surface area contributed by atoms with Crippen molar-refractivity contribution in [3.05, 3.63) is 52.6 Å². The molecule has 156 valence electrons. The molecule has 2 aromatic carbocycles. The second-order valence-corrected chi connectivity index (χ2v) is 6.88. The van der Waals surface area contributed by atoms with Crippen molar-refractivity contribution in [1.82, 2.24) is 5.32 Å². The largest absolute Gasteiger partial charge is 0.495 e. The molecular formula is C21H19ClN2O5S. The molecule has 0 atom stereocenters. The minimum Gasteiger partial charge on any atom is -0.495 e. The van der Waals surface area contributed by atoms with Crippen molar-refractivity contribution in [3.63, 3.8) is 0 Å². The van der Waals surface area contributed by atoms with Crippen molar-refractivity contribution < 1.29 is 23.8 Å². The molecule has 0 bridgehead atoms. The van der Waals surface area contributed by atoms with E-state index in [0.29, 0.717) is 40.1 Å². The molecule has 1 saturated heterocycles. The van der Waals surface area contributed by atoms with Crippen molar-refractivity contribution in [2.45, 2.75) is 6.92 Å². The number of anilines is 1. The summed E-state index contributed by atoms with van der Waals surface area (Å²) in [6, 6.07) is 10.0. The van der Waals surface area contributed by atoms with E-state index >= 15 is 0 Å². The maximum Gasteiger partial charge on any atom is 0.270 e. The number of para-hydroxylation sites is 2. The van der Waals surface area contributed by atoms with Gasteiger partial charge in [0, 0.05) is 6.07 Å². The van der Waals surface area contributed by atoms with Crippen LogP contribution >= 0.6 is 23.8 Å². The van der Waals surface area contributed by atoms with Gasteiger partial charge in [-0.3, -0.25) is 14.9 Å². The first-order valence-corrected chi connectivity index (χ1v) is 9.74. The Morgan fingerprint density at radius 2 is 1.80 bits per heavy atom. The van der Waals surface area contributed by atoms with Crippen LogP contribution < -0.4 is 24.4 Å². The summed E-state index contributed by atoms with van der Waals surface area (Å²) in [5.74, 6) is 0.0983. The SMILES string of the molecule is CCOc1cc(/C=C2\C(=O)NC(=S)N(c3ccccc3OC)C2=O)c(Cl)cc1OC. The van der Waals surface area contributed by atoms with Crippen LogP contribution in [-0.2, 0) is 9.59 Å². The monoisotopic (exact) mass is 446 g/mol. The number of halogens is 1. The number of benzene rings is 2. The van der Waals surface area contributed by atoms with Gasteiger partial charge in [0.25, 0.3) is 11.8 Å². The quantitative estimate of drug-likeness (QED) is 0.415. The number of nitrogens with zero attached hydrogens (tertiary/aromatic N) is 1. The second kappa shape index (κ2) is 9.15. The molecular weight excluding hydrogens is 428 g/mol. The highest BCUT2D eigenvalue weighted by molar-refractivity contribution is 7.80. The molecule has 1 aliphatic rings. The molecule has 3 rings (SSSR count). The van der Waals surface area contributed by atoms with E-state index in [4.69, 9.17) is 38.0 Å². The summed E-state index contributed by atoms with van der Waals surface area (Å²) in [5.41, 5.74) is 0.702. The maximum atomic E-state index is 13.2. The molecule has 0 unspecified atom stereocenters. The fourth-order valence-corrected chi connectivity index (χ4v) is 3.42. The molecule has 0 radical (unpaired) electrons. The van der Waals surface area contributed by atoms with Gasteiger partial charge >= 0.3 is 0 Å². The third kappa shape index (κ3) is 4.10. The lowest BCUT2D eigenvalue weighted by atomic mass is 10.1. The molecule has 1 heterocycles. The van der Waals surface area contributed by atoms with Gasteiger partial charge in [0.15, 0.2) is 16.6 Å². The topological polar surface area (TPSA) is 77.1 Å². The Balaban J connectivity index is 2.08. The average Bonchev–Trinajstić information content (AvgIpc) is 2.73. The first-order chi connectivity index (χ1) is 14.4. The molecule has 0 aromatic heterocycles. The summed E-state index contributed by atoms with van der Waals surface area (Å²) in [6.07, 6.45) is 1.39. The molecule has 1 fully saturated rings. The van der Waals surface area contributed by atoms with Crippen molar-refractivity contribution in [2.75, 3.05) is 25.7 Å². The Kier molecular flexibility index (Phi) is 6.59. The minimum atomic E-state index is -0.624. The molecule has 1 N–H and O–H groups in total. The normalized spacial score (nSPS) is 15.3. The van der Waals surface area contributed by atoms with E-state index in [1.54, 1.807) is 36.4 Å². The Morgan fingerprint density at radius 1 is 1.10 bits per heavy atom. The molecule has 2 amide bonds. The number of nitrogens with one attached hydrogen (secondary N) is 1. The summed E-state index contributed by atoms with van der Waals surface area (Å²) in [7, 11) is 2.98. The lowest BCUT2D eigenvalue weighted by molar-refractivity contribution is -0.122. The van der Waals surface area contributed by atoms with Crippen LogP contribution in [0, 0.1) is 0 Å². The van der Waals surface area contributed by atoms with Crippen molar-refractivity contribution >= 4 is 52.5 Å². The summed E-state index contributed by atoms with van der Waals surface area (Å²) < 4.78 is 16.1. The molecule has 1 aliphatic heterocycles. The van der Waals surface area contributed by atoms with Crippen molar-refractivity contribution in [2.24, 2.45) is 0 Å². The van der Waals surface area contributed by atoms with E-state index in [9.17, 15) is 9.59 Å². The third-order valence-corrected chi connectivity index (χ3v) is 4.92. The van der Waals surface area contributed by atoms with Crippen LogP contribution in [0.3, 0.4) is 0 Å². The first kappa shape index (κ1) is 21.6. The van der Waals surface area contributed by atoms with Gasteiger partial charge in [0.2, 0.25) is 0 Å². The molecule has 7 nitrogen and oxygen atoms in total.